The van der Waals surface area contributed by atoms with Crippen LogP contribution in [0.25, 0.3) is 0 Å². The Hall–Kier alpha value is -0.160. The lowest BCUT2D eigenvalue weighted by molar-refractivity contribution is 0.00520. The van der Waals surface area contributed by atoms with Gasteiger partial charge in [-0.1, -0.05) is 19.3 Å². The molecule has 0 aromatic rings. The second-order valence-electron chi connectivity index (χ2n) is 4.90. The van der Waals surface area contributed by atoms with Gasteiger partial charge in [-0.3, -0.25) is 0 Å². The van der Waals surface area contributed by atoms with Gasteiger partial charge < -0.3 is 19.5 Å². The van der Waals surface area contributed by atoms with Gasteiger partial charge in [-0.05, 0) is 26.3 Å². The first kappa shape index (κ1) is 15.9. The Morgan fingerprint density at radius 2 is 1.83 bits per heavy atom. The van der Waals surface area contributed by atoms with E-state index in [1.54, 1.807) is 7.11 Å². The summed E-state index contributed by atoms with van der Waals surface area (Å²) in [6, 6.07) is 0.530. The minimum atomic E-state index is 0.386. The van der Waals surface area contributed by atoms with E-state index in [1.165, 1.54) is 32.1 Å². The number of hydrogen-bond acceptors (Lipinski definition) is 4. The van der Waals surface area contributed by atoms with Gasteiger partial charge in [0.05, 0.1) is 19.3 Å². The average Bonchev–Trinajstić information content (AvgIpc) is 2.62. The summed E-state index contributed by atoms with van der Waals surface area (Å²) in [5, 5.41) is 3.39. The second-order valence-corrected chi connectivity index (χ2v) is 4.90. The highest BCUT2D eigenvalue weighted by Gasteiger charge is 2.22. The third kappa shape index (κ3) is 6.69. The third-order valence-electron chi connectivity index (χ3n) is 3.52. The predicted molar refractivity (Wildman–Crippen MR) is 73.0 cm³/mol. The van der Waals surface area contributed by atoms with Crippen LogP contribution in [-0.2, 0) is 14.2 Å². The molecule has 0 aromatic heterocycles. The van der Waals surface area contributed by atoms with Gasteiger partial charge in [-0.25, -0.2) is 0 Å². The first-order valence-corrected chi connectivity index (χ1v) is 7.24. The summed E-state index contributed by atoms with van der Waals surface area (Å²) < 4.78 is 16.3. The van der Waals surface area contributed by atoms with Crippen LogP contribution < -0.4 is 5.32 Å². The van der Waals surface area contributed by atoms with Crippen molar-refractivity contribution in [2.45, 2.75) is 50.7 Å². The van der Waals surface area contributed by atoms with Crippen molar-refractivity contribution in [2.75, 3.05) is 40.6 Å². The number of methoxy groups -OCH3 is 1. The Morgan fingerprint density at radius 3 is 2.61 bits per heavy atom. The average molecular weight is 259 g/mol. The predicted octanol–water partition coefficient (Wildman–Crippen LogP) is 1.98. The van der Waals surface area contributed by atoms with Crippen molar-refractivity contribution in [3.05, 3.63) is 0 Å². The zero-order valence-corrected chi connectivity index (χ0v) is 12.0. The van der Waals surface area contributed by atoms with E-state index >= 15 is 0 Å². The Kier molecular flexibility index (Phi) is 9.48. The van der Waals surface area contributed by atoms with Gasteiger partial charge in [0, 0.05) is 26.4 Å². The maximum Gasteiger partial charge on any atom is 0.0727 e. The van der Waals surface area contributed by atoms with Crippen LogP contribution in [0, 0.1) is 0 Å². The molecule has 1 saturated carbocycles. The summed E-state index contributed by atoms with van der Waals surface area (Å²) in [7, 11) is 3.73. The Labute approximate surface area is 111 Å². The van der Waals surface area contributed by atoms with Gasteiger partial charge >= 0.3 is 0 Å². The molecular formula is C14H29NO3. The molecule has 0 bridgehead atoms. The van der Waals surface area contributed by atoms with Crippen LogP contribution in [0.5, 0.6) is 0 Å². The number of rotatable bonds is 9. The summed E-state index contributed by atoms with van der Waals surface area (Å²) in [5.41, 5.74) is 0. The Balaban J connectivity index is 2.05. The molecule has 0 amide bonds. The number of likely N-dealkylation sites (N-methyl/N-ethyl adjacent to an activating group) is 1. The lowest BCUT2D eigenvalue weighted by Gasteiger charge is -2.25. The number of hydrogen-bond donors (Lipinski definition) is 1. The lowest BCUT2D eigenvalue weighted by atomic mass is 10.1. The fraction of sp³-hybridized carbons (Fsp3) is 1.00. The number of ether oxygens (including phenoxy) is 3. The molecule has 0 aromatic carbocycles. The smallest absolute Gasteiger partial charge is 0.0727 e. The molecule has 1 N–H and O–H groups in total. The van der Waals surface area contributed by atoms with Crippen molar-refractivity contribution in [2.24, 2.45) is 0 Å². The van der Waals surface area contributed by atoms with Gasteiger partial charge in [0.1, 0.15) is 0 Å². The van der Waals surface area contributed by atoms with Gasteiger partial charge in [0.25, 0.3) is 0 Å². The molecule has 1 aliphatic carbocycles. The van der Waals surface area contributed by atoms with E-state index in [2.05, 4.69) is 5.32 Å². The molecule has 4 heteroatoms. The Bertz CT molecular complexity index is 190. The summed E-state index contributed by atoms with van der Waals surface area (Å²) in [4.78, 5) is 0. The molecule has 1 rings (SSSR count). The van der Waals surface area contributed by atoms with Crippen molar-refractivity contribution in [3.8, 4) is 0 Å². The maximum absolute atomic E-state index is 6.00. The monoisotopic (exact) mass is 259 g/mol. The molecule has 1 aliphatic rings. The van der Waals surface area contributed by atoms with Gasteiger partial charge in [-0.2, -0.15) is 0 Å². The van der Waals surface area contributed by atoms with E-state index in [-0.39, 0.29) is 0 Å². The fourth-order valence-electron chi connectivity index (χ4n) is 2.44. The van der Waals surface area contributed by atoms with E-state index in [0.29, 0.717) is 25.4 Å². The summed E-state index contributed by atoms with van der Waals surface area (Å²) >= 11 is 0. The van der Waals surface area contributed by atoms with E-state index in [0.717, 1.165) is 19.6 Å². The number of nitrogens with one attached hydrogen (secondary N) is 1. The van der Waals surface area contributed by atoms with Gasteiger partial charge in [0.2, 0.25) is 0 Å². The SMILES string of the molecule is CNC1CCCCCC1OCCCOCCOC. The second kappa shape index (κ2) is 10.7. The van der Waals surface area contributed by atoms with Crippen molar-refractivity contribution in [3.63, 3.8) is 0 Å². The maximum atomic E-state index is 6.00. The fourth-order valence-corrected chi connectivity index (χ4v) is 2.44. The molecule has 0 saturated heterocycles. The van der Waals surface area contributed by atoms with Crippen LogP contribution >= 0.6 is 0 Å². The highest BCUT2D eigenvalue weighted by molar-refractivity contribution is 4.79. The standard InChI is InChI=1S/C14H29NO3/c1-15-13-7-4-3-5-8-14(13)18-10-6-9-17-12-11-16-2/h13-15H,3-12H2,1-2H3. The Morgan fingerprint density at radius 1 is 1.00 bits per heavy atom. The summed E-state index contributed by atoms with van der Waals surface area (Å²) in [6.07, 6.45) is 7.76. The normalized spacial score (nSPS) is 25.0. The molecule has 0 spiro atoms. The molecule has 1 fully saturated rings. The van der Waals surface area contributed by atoms with E-state index in [9.17, 15) is 0 Å². The first-order valence-electron chi connectivity index (χ1n) is 7.24. The van der Waals surface area contributed by atoms with Crippen LogP contribution in [0.2, 0.25) is 0 Å². The van der Waals surface area contributed by atoms with E-state index < -0.39 is 0 Å². The van der Waals surface area contributed by atoms with Crippen LogP contribution in [0.1, 0.15) is 38.5 Å². The lowest BCUT2D eigenvalue weighted by Crippen LogP contribution is -2.38. The molecule has 2 atom stereocenters. The van der Waals surface area contributed by atoms with Crippen LogP contribution in [0.15, 0.2) is 0 Å². The van der Waals surface area contributed by atoms with Crippen molar-refractivity contribution < 1.29 is 14.2 Å². The van der Waals surface area contributed by atoms with Gasteiger partial charge in [-0.15, -0.1) is 0 Å². The van der Waals surface area contributed by atoms with E-state index in [1.807, 2.05) is 7.05 Å². The zero-order chi connectivity index (χ0) is 13.1. The van der Waals surface area contributed by atoms with E-state index in [4.69, 9.17) is 14.2 Å². The zero-order valence-electron chi connectivity index (χ0n) is 12.0. The molecule has 18 heavy (non-hydrogen) atoms. The topological polar surface area (TPSA) is 39.7 Å². The molecule has 0 radical (unpaired) electrons. The van der Waals surface area contributed by atoms with Crippen molar-refractivity contribution in [1.29, 1.82) is 0 Å². The van der Waals surface area contributed by atoms with Crippen LogP contribution in [0.4, 0.5) is 0 Å². The third-order valence-corrected chi connectivity index (χ3v) is 3.52. The van der Waals surface area contributed by atoms with Crippen molar-refractivity contribution >= 4 is 0 Å². The molecule has 0 heterocycles. The minimum absolute atomic E-state index is 0.386. The largest absolute Gasteiger partial charge is 0.382 e. The highest BCUT2D eigenvalue weighted by atomic mass is 16.5. The molecule has 0 aliphatic heterocycles. The first-order chi connectivity index (χ1) is 8.88. The molecule has 4 nitrogen and oxygen atoms in total. The molecular weight excluding hydrogens is 230 g/mol. The van der Waals surface area contributed by atoms with Crippen LogP contribution in [-0.4, -0.2) is 52.7 Å². The molecule has 2 unspecified atom stereocenters. The molecule has 108 valence electrons. The van der Waals surface area contributed by atoms with Crippen molar-refractivity contribution in [1.82, 2.24) is 5.32 Å². The summed E-state index contributed by atoms with van der Waals surface area (Å²) in [6.45, 7) is 2.92. The minimum Gasteiger partial charge on any atom is -0.382 e. The quantitative estimate of drug-likeness (QED) is 0.508. The van der Waals surface area contributed by atoms with Crippen LogP contribution in [0.3, 0.4) is 0 Å². The highest BCUT2D eigenvalue weighted by Crippen LogP contribution is 2.20. The summed E-state index contributed by atoms with van der Waals surface area (Å²) in [5.74, 6) is 0. The van der Waals surface area contributed by atoms with Gasteiger partial charge in [0.15, 0.2) is 0 Å².